The van der Waals surface area contributed by atoms with E-state index in [1.165, 1.54) is 12.8 Å². The van der Waals surface area contributed by atoms with Crippen molar-refractivity contribution in [3.8, 4) is 5.75 Å². The third kappa shape index (κ3) is 4.57. The summed E-state index contributed by atoms with van der Waals surface area (Å²) in [6.07, 6.45) is 4.44. The fourth-order valence-electron chi connectivity index (χ4n) is 2.40. The van der Waals surface area contributed by atoms with Crippen molar-refractivity contribution in [3.05, 3.63) is 28.2 Å². The SMILES string of the molecule is CC1CCC(NC(=O)COc2cc(Cl)ccc2Cl)CC1. The number of nitrogens with one attached hydrogen (secondary N) is 1. The number of ether oxygens (including phenoxy) is 1. The lowest BCUT2D eigenvalue weighted by Crippen LogP contribution is -2.39. The van der Waals surface area contributed by atoms with Crippen LogP contribution in [0.3, 0.4) is 0 Å². The van der Waals surface area contributed by atoms with Crippen molar-refractivity contribution >= 4 is 29.1 Å². The van der Waals surface area contributed by atoms with Gasteiger partial charge in [0.2, 0.25) is 0 Å². The molecule has 1 aliphatic rings. The molecule has 5 heteroatoms. The molecule has 0 unspecified atom stereocenters. The predicted molar refractivity (Wildman–Crippen MR) is 81.5 cm³/mol. The maximum Gasteiger partial charge on any atom is 0.258 e. The van der Waals surface area contributed by atoms with Gasteiger partial charge in [-0.05, 0) is 43.7 Å². The summed E-state index contributed by atoms with van der Waals surface area (Å²) in [6, 6.07) is 5.22. The minimum Gasteiger partial charge on any atom is -0.482 e. The molecule has 0 heterocycles. The lowest BCUT2D eigenvalue weighted by molar-refractivity contribution is -0.124. The number of rotatable bonds is 4. The zero-order valence-corrected chi connectivity index (χ0v) is 13.0. The Kier molecular flexibility index (Phi) is 5.55. The maximum absolute atomic E-state index is 11.9. The molecule has 1 fully saturated rings. The first kappa shape index (κ1) is 15.5. The third-order valence-electron chi connectivity index (χ3n) is 3.63. The van der Waals surface area contributed by atoms with E-state index in [1.54, 1.807) is 18.2 Å². The van der Waals surface area contributed by atoms with Crippen LogP contribution in [-0.4, -0.2) is 18.6 Å². The number of halogens is 2. The van der Waals surface area contributed by atoms with E-state index in [2.05, 4.69) is 12.2 Å². The predicted octanol–water partition coefficient (Wildman–Crippen LogP) is 4.07. The minimum atomic E-state index is -0.111. The Morgan fingerprint density at radius 1 is 1.30 bits per heavy atom. The molecular weight excluding hydrogens is 297 g/mol. The molecule has 1 aliphatic carbocycles. The first-order valence-corrected chi connectivity index (χ1v) is 7.67. The number of benzene rings is 1. The van der Waals surface area contributed by atoms with Gasteiger partial charge in [0.1, 0.15) is 5.75 Å². The molecule has 0 bridgehead atoms. The van der Waals surface area contributed by atoms with Gasteiger partial charge in [0.15, 0.2) is 6.61 Å². The van der Waals surface area contributed by atoms with Crippen molar-refractivity contribution in [2.24, 2.45) is 5.92 Å². The molecule has 1 saturated carbocycles. The molecule has 0 atom stereocenters. The van der Waals surface area contributed by atoms with Crippen molar-refractivity contribution in [2.45, 2.75) is 38.6 Å². The Morgan fingerprint density at radius 2 is 2.00 bits per heavy atom. The quantitative estimate of drug-likeness (QED) is 0.909. The highest BCUT2D eigenvalue weighted by atomic mass is 35.5. The van der Waals surface area contributed by atoms with Crippen LogP contribution < -0.4 is 10.1 Å². The van der Waals surface area contributed by atoms with E-state index in [9.17, 15) is 4.79 Å². The summed E-state index contributed by atoms with van der Waals surface area (Å²) < 4.78 is 5.41. The summed E-state index contributed by atoms with van der Waals surface area (Å²) in [6.45, 7) is 2.22. The summed E-state index contributed by atoms with van der Waals surface area (Å²) in [5.41, 5.74) is 0. The van der Waals surface area contributed by atoms with Crippen LogP contribution in [0.15, 0.2) is 18.2 Å². The van der Waals surface area contributed by atoms with E-state index in [0.717, 1.165) is 18.8 Å². The van der Waals surface area contributed by atoms with Crippen molar-refractivity contribution in [3.63, 3.8) is 0 Å². The number of carbonyl (C=O) groups excluding carboxylic acids is 1. The Hall–Kier alpha value is -0.930. The summed E-state index contributed by atoms with van der Waals surface area (Å²) in [7, 11) is 0. The molecule has 20 heavy (non-hydrogen) atoms. The van der Waals surface area contributed by atoms with E-state index in [4.69, 9.17) is 27.9 Å². The van der Waals surface area contributed by atoms with Crippen molar-refractivity contribution in [2.75, 3.05) is 6.61 Å². The van der Waals surface area contributed by atoms with Gasteiger partial charge in [-0.3, -0.25) is 4.79 Å². The lowest BCUT2D eigenvalue weighted by Gasteiger charge is -2.26. The number of carbonyl (C=O) groups is 1. The Labute approximate surface area is 129 Å². The topological polar surface area (TPSA) is 38.3 Å². The van der Waals surface area contributed by atoms with E-state index < -0.39 is 0 Å². The van der Waals surface area contributed by atoms with Crippen LogP contribution in [0.4, 0.5) is 0 Å². The van der Waals surface area contributed by atoms with Gasteiger partial charge in [0.05, 0.1) is 5.02 Å². The first-order chi connectivity index (χ1) is 9.54. The van der Waals surface area contributed by atoms with Gasteiger partial charge < -0.3 is 10.1 Å². The normalized spacial score (nSPS) is 22.4. The average molecular weight is 316 g/mol. The molecule has 1 aromatic rings. The smallest absolute Gasteiger partial charge is 0.258 e. The molecule has 0 aromatic heterocycles. The minimum absolute atomic E-state index is 0.0356. The molecule has 2 rings (SSSR count). The number of hydrogen-bond acceptors (Lipinski definition) is 2. The van der Waals surface area contributed by atoms with E-state index in [-0.39, 0.29) is 18.6 Å². The second-order valence-corrected chi connectivity index (χ2v) is 6.23. The zero-order chi connectivity index (χ0) is 14.5. The summed E-state index contributed by atoms with van der Waals surface area (Å²) in [4.78, 5) is 11.9. The fraction of sp³-hybridized carbons (Fsp3) is 0.533. The molecule has 0 aliphatic heterocycles. The van der Waals surface area contributed by atoms with Crippen molar-refractivity contribution in [1.82, 2.24) is 5.32 Å². The number of amides is 1. The van der Waals surface area contributed by atoms with Crippen LogP contribution in [-0.2, 0) is 4.79 Å². The van der Waals surface area contributed by atoms with Gasteiger partial charge in [-0.25, -0.2) is 0 Å². The third-order valence-corrected chi connectivity index (χ3v) is 4.18. The Balaban J connectivity index is 1.79. The molecule has 3 nitrogen and oxygen atoms in total. The molecule has 1 amide bonds. The zero-order valence-electron chi connectivity index (χ0n) is 11.5. The van der Waals surface area contributed by atoms with Crippen LogP contribution >= 0.6 is 23.2 Å². The Bertz CT molecular complexity index is 471. The molecule has 0 saturated heterocycles. The molecule has 110 valence electrons. The maximum atomic E-state index is 11.9. The fourth-order valence-corrected chi connectivity index (χ4v) is 2.74. The van der Waals surface area contributed by atoms with E-state index in [0.29, 0.717) is 15.8 Å². The second-order valence-electron chi connectivity index (χ2n) is 5.39. The molecule has 0 radical (unpaired) electrons. The largest absolute Gasteiger partial charge is 0.482 e. The highest BCUT2D eigenvalue weighted by molar-refractivity contribution is 6.34. The summed E-state index contributed by atoms with van der Waals surface area (Å²) in [5, 5.41) is 3.99. The second kappa shape index (κ2) is 7.19. The van der Waals surface area contributed by atoms with Gasteiger partial charge in [0, 0.05) is 17.1 Å². The highest BCUT2D eigenvalue weighted by Gasteiger charge is 2.19. The molecule has 0 spiro atoms. The average Bonchev–Trinajstić information content (AvgIpc) is 2.42. The molecule has 1 aromatic carbocycles. The van der Waals surface area contributed by atoms with Crippen LogP contribution in [0.1, 0.15) is 32.6 Å². The van der Waals surface area contributed by atoms with Crippen molar-refractivity contribution in [1.29, 1.82) is 0 Å². The number of hydrogen-bond donors (Lipinski definition) is 1. The van der Waals surface area contributed by atoms with Crippen LogP contribution in [0, 0.1) is 5.92 Å². The summed E-state index contributed by atoms with van der Waals surface area (Å²) >= 11 is 11.8. The monoisotopic (exact) mass is 315 g/mol. The van der Waals surface area contributed by atoms with Gasteiger partial charge in [0.25, 0.3) is 5.91 Å². The van der Waals surface area contributed by atoms with Gasteiger partial charge in [-0.1, -0.05) is 30.1 Å². The molecular formula is C15H19Cl2NO2. The van der Waals surface area contributed by atoms with Crippen LogP contribution in [0.2, 0.25) is 10.0 Å². The lowest BCUT2D eigenvalue weighted by atomic mass is 9.87. The standard InChI is InChI=1S/C15H19Cl2NO2/c1-10-2-5-12(6-3-10)18-15(19)9-20-14-8-11(16)4-7-13(14)17/h4,7-8,10,12H,2-3,5-6,9H2,1H3,(H,18,19). The Morgan fingerprint density at radius 3 is 2.70 bits per heavy atom. The summed E-state index contributed by atoms with van der Waals surface area (Å²) in [5.74, 6) is 1.09. The van der Waals surface area contributed by atoms with Crippen LogP contribution in [0.25, 0.3) is 0 Å². The first-order valence-electron chi connectivity index (χ1n) is 6.92. The molecule has 1 N–H and O–H groups in total. The van der Waals surface area contributed by atoms with Gasteiger partial charge in [-0.15, -0.1) is 0 Å². The van der Waals surface area contributed by atoms with Gasteiger partial charge in [-0.2, -0.15) is 0 Å². The van der Waals surface area contributed by atoms with E-state index in [1.807, 2.05) is 0 Å². The van der Waals surface area contributed by atoms with Crippen molar-refractivity contribution < 1.29 is 9.53 Å². The van der Waals surface area contributed by atoms with E-state index >= 15 is 0 Å². The van der Waals surface area contributed by atoms with Crippen LogP contribution in [0.5, 0.6) is 5.75 Å². The van der Waals surface area contributed by atoms with Gasteiger partial charge >= 0.3 is 0 Å². The highest BCUT2D eigenvalue weighted by Crippen LogP contribution is 2.27.